The van der Waals surface area contributed by atoms with Gasteiger partial charge in [-0.05, 0) is 19.1 Å². The van der Waals surface area contributed by atoms with E-state index in [9.17, 15) is 9.59 Å². The summed E-state index contributed by atoms with van der Waals surface area (Å²) < 4.78 is 0. The molecule has 1 aliphatic rings. The van der Waals surface area contributed by atoms with Gasteiger partial charge in [-0.3, -0.25) is 14.7 Å². The molecule has 0 unspecified atom stereocenters. The summed E-state index contributed by atoms with van der Waals surface area (Å²) in [7, 11) is 0. The number of fused-ring (bicyclic) bond motifs is 1. The largest absolute Gasteiger partial charge is 0.352 e. The van der Waals surface area contributed by atoms with Crippen molar-refractivity contribution in [1.82, 2.24) is 10.2 Å². The molecule has 2 aromatic rings. The predicted molar refractivity (Wildman–Crippen MR) is 70.1 cm³/mol. The molecule has 3 rings (SSSR count). The molecule has 0 aliphatic heterocycles. The molecule has 0 bridgehead atoms. The van der Waals surface area contributed by atoms with Crippen LogP contribution in [0.15, 0.2) is 42.1 Å². The second kappa shape index (κ2) is 4.20. The molecule has 0 fully saturated rings. The summed E-state index contributed by atoms with van der Waals surface area (Å²) in [6.45, 7) is 1.72. The summed E-state index contributed by atoms with van der Waals surface area (Å²) >= 11 is 0. The maximum atomic E-state index is 12.3. The van der Waals surface area contributed by atoms with Gasteiger partial charge in [-0.15, -0.1) is 0 Å². The van der Waals surface area contributed by atoms with Gasteiger partial charge in [0.2, 0.25) is 11.6 Å². The molecule has 1 aromatic heterocycles. The Bertz CT molecular complexity index is 699. The number of nitrogens with one attached hydrogen (secondary N) is 2. The summed E-state index contributed by atoms with van der Waals surface area (Å²) in [5.74, 6) is -0.484. The van der Waals surface area contributed by atoms with Crippen LogP contribution in [0.1, 0.15) is 26.5 Å². The molecule has 0 saturated carbocycles. The Morgan fingerprint density at radius 2 is 1.89 bits per heavy atom. The number of hydrogen-bond donors (Lipinski definition) is 2. The molecule has 0 spiro atoms. The lowest BCUT2D eigenvalue weighted by Crippen LogP contribution is -2.21. The van der Waals surface area contributed by atoms with Crippen LogP contribution >= 0.6 is 0 Å². The van der Waals surface area contributed by atoms with E-state index < -0.39 is 0 Å². The van der Waals surface area contributed by atoms with Crippen molar-refractivity contribution < 1.29 is 9.59 Å². The van der Waals surface area contributed by atoms with Gasteiger partial charge in [0.1, 0.15) is 5.69 Å². The lowest BCUT2D eigenvalue weighted by Gasteiger charge is -2.13. The van der Waals surface area contributed by atoms with Crippen molar-refractivity contribution in [3.8, 4) is 0 Å². The lowest BCUT2D eigenvalue weighted by atomic mass is 9.97. The van der Waals surface area contributed by atoms with Gasteiger partial charge in [0.15, 0.2) is 0 Å². The van der Waals surface area contributed by atoms with E-state index in [-0.39, 0.29) is 23.0 Å². The average Bonchev–Trinajstić information content (AvgIpc) is 2.80. The molecule has 2 N–H and O–H groups in total. The van der Waals surface area contributed by atoms with Crippen LogP contribution in [0.3, 0.4) is 0 Å². The smallest absolute Gasteiger partial charge is 0.213 e. The Kier molecular flexibility index (Phi) is 2.52. The first-order valence-electron chi connectivity index (χ1n) is 5.84. The SMILES string of the molecule is Cc1[nH]nc2c1C(=O)C(Nc1ccccc1)=CC2=O. The topological polar surface area (TPSA) is 74.8 Å². The number of nitrogens with zero attached hydrogens (tertiary/aromatic N) is 1. The number of rotatable bonds is 2. The molecule has 5 heteroatoms. The Hall–Kier alpha value is -2.69. The Morgan fingerprint density at radius 1 is 1.16 bits per heavy atom. The number of benzene rings is 1. The van der Waals surface area contributed by atoms with E-state index >= 15 is 0 Å². The minimum atomic E-state index is -0.266. The maximum absolute atomic E-state index is 12.3. The van der Waals surface area contributed by atoms with E-state index in [4.69, 9.17) is 0 Å². The van der Waals surface area contributed by atoms with Crippen LogP contribution < -0.4 is 5.32 Å². The van der Waals surface area contributed by atoms with Gasteiger partial charge in [-0.2, -0.15) is 5.10 Å². The van der Waals surface area contributed by atoms with Crippen molar-refractivity contribution in [2.24, 2.45) is 0 Å². The molecule has 1 aromatic carbocycles. The second-order valence-electron chi connectivity index (χ2n) is 4.31. The fourth-order valence-electron chi connectivity index (χ4n) is 2.05. The first kappa shape index (κ1) is 11.4. The number of ketones is 2. The summed E-state index contributed by atoms with van der Waals surface area (Å²) in [6, 6.07) is 9.25. The standard InChI is InChI=1S/C14H11N3O2/c1-8-12-13(17-16-8)11(18)7-10(14(12)19)15-9-5-3-2-4-6-9/h2-7,15H,1H3,(H,16,17). The number of aryl methyl sites for hydroxylation is 1. The van der Waals surface area contributed by atoms with E-state index in [2.05, 4.69) is 15.5 Å². The minimum absolute atomic E-state index is 0.195. The molecule has 5 nitrogen and oxygen atoms in total. The van der Waals surface area contributed by atoms with Gasteiger partial charge < -0.3 is 5.32 Å². The zero-order chi connectivity index (χ0) is 13.4. The van der Waals surface area contributed by atoms with Crippen LogP contribution in [0.5, 0.6) is 0 Å². The van der Waals surface area contributed by atoms with Crippen molar-refractivity contribution in [1.29, 1.82) is 0 Å². The second-order valence-corrected chi connectivity index (χ2v) is 4.31. The number of hydrogen-bond acceptors (Lipinski definition) is 4. The Morgan fingerprint density at radius 3 is 2.63 bits per heavy atom. The highest BCUT2D eigenvalue weighted by Gasteiger charge is 2.30. The summed E-state index contributed by atoms with van der Waals surface area (Å²) in [5.41, 5.74) is 2.19. The van der Waals surface area contributed by atoms with Gasteiger partial charge in [0.05, 0.1) is 11.3 Å². The van der Waals surface area contributed by atoms with Crippen molar-refractivity contribution in [2.75, 3.05) is 5.32 Å². The number of anilines is 1. The predicted octanol–water partition coefficient (Wildman–Crippen LogP) is 2.09. The van der Waals surface area contributed by atoms with Crippen molar-refractivity contribution in [3.63, 3.8) is 0 Å². The number of aromatic nitrogens is 2. The van der Waals surface area contributed by atoms with Crippen LogP contribution in [-0.4, -0.2) is 21.8 Å². The minimum Gasteiger partial charge on any atom is -0.352 e. The highest BCUT2D eigenvalue weighted by Crippen LogP contribution is 2.23. The van der Waals surface area contributed by atoms with Gasteiger partial charge in [0.25, 0.3) is 0 Å². The van der Waals surface area contributed by atoms with Crippen LogP contribution in [0.25, 0.3) is 0 Å². The first-order valence-corrected chi connectivity index (χ1v) is 5.84. The molecule has 0 amide bonds. The number of allylic oxidation sites excluding steroid dienone is 2. The number of para-hydroxylation sites is 1. The zero-order valence-electron chi connectivity index (χ0n) is 10.2. The molecular weight excluding hydrogens is 242 g/mol. The van der Waals surface area contributed by atoms with E-state index in [0.29, 0.717) is 11.3 Å². The van der Waals surface area contributed by atoms with Crippen molar-refractivity contribution >= 4 is 17.3 Å². The van der Waals surface area contributed by atoms with Gasteiger partial charge in [-0.25, -0.2) is 0 Å². The van der Waals surface area contributed by atoms with Crippen molar-refractivity contribution in [2.45, 2.75) is 6.92 Å². The van der Waals surface area contributed by atoms with Gasteiger partial charge >= 0.3 is 0 Å². The molecule has 19 heavy (non-hydrogen) atoms. The van der Waals surface area contributed by atoms with E-state index in [1.165, 1.54) is 6.08 Å². The molecule has 94 valence electrons. The van der Waals surface area contributed by atoms with Gasteiger partial charge in [-0.1, -0.05) is 18.2 Å². The molecule has 0 saturated heterocycles. The number of carbonyl (C=O) groups excluding carboxylic acids is 2. The van der Waals surface area contributed by atoms with E-state index in [0.717, 1.165) is 5.69 Å². The zero-order valence-corrected chi connectivity index (χ0v) is 10.2. The van der Waals surface area contributed by atoms with Crippen LogP contribution in [0.4, 0.5) is 5.69 Å². The Balaban J connectivity index is 1.98. The van der Waals surface area contributed by atoms with Crippen LogP contribution in [0.2, 0.25) is 0 Å². The quantitative estimate of drug-likeness (QED) is 0.859. The van der Waals surface area contributed by atoms with Crippen LogP contribution in [0, 0.1) is 6.92 Å². The highest BCUT2D eigenvalue weighted by atomic mass is 16.1. The maximum Gasteiger partial charge on any atom is 0.213 e. The number of H-pyrrole nitrogens is 1. The Labute approximate surface area is 109 Å². The molecule has 0 atom stereocenters. The number of carbonyl (C=O) groups is 2. The fourth-order valence-corrected chi connectivity index (χ4v) is 2.05. The highest BCUT2D eigenvalue weighted by molar-refractivity contribution is 6.25. The van der Waals surface area contributed by atoms with E-state index in [1.54, 1.807) is 6.92 Å². The van der Waals surface area contributed by atoms with Crippen LogP contribution in [-0.2, 0) is 0 Å². The molecular formula is C14H11N3O2. The molecule has 1 heterocycles. The molecule has 0 radical (unpaired) electrons. The average molecular weight is 253 g/mol. The van der Waals surface area contributed by atoms with Gasteiger partial charge in [0, 0.05) is 17.5 Å². The third-order valence-corrected chi connectivity index (χ3v) is 2.98. The first-order chi connectivity index (χ1) is 9.16. The van der Waals surface area contributed by atoms with E-state index in [1.807, 2.05) is 30.3 Å². The summed E-state index contributed by atoms with van der Waals surface area (Å²) in [5, 5.41) is 9.50. The molecule has 1 aliphatic carbocycles. The third kappa shape index (κ3) is 1.85. The van der Waals surface area contributed by atoms with Crippen molar-refractivity contribution in [3.05, 3.63) is 59.1 Å². The monoisotopic (exact) mass is 253 g/mol. The number of Topliss-reactive ketones (excluding diaryl/α,β-unsaturated/α-hetero) is 1. The normalized spacial score (nSPS) is 14.1. The number of aromatic amines is 1. The summed E-state index contributed by atoms with van der Waals surface area (Å²) in [6.07, 6.45) is 1.29. The third-order valence-electron chi connectivity index (χ3n) is 2.98. The lowest BCUT2D eigenvalue weighted by molar-refractivity contribution is 0.0983. The summed E-state index contributed by atoms with van der Waals surface area (Å²) in [4.78, 5) is 24.2. The fraction of sp³-hybridized carbons (Fsp3) is 0.0714.